The van der Waals surface area contributed by atoms with E-state index in [4.69, 9.17) is 4.74 Å². The van der Waals surface area contributed by atoms with Crippen LogP contribution in [0, 0.1) is 13.8 Å². The van der Waals surface area contributed by atoms with E-state index in [-0.39, 0.29) is 30.5 Å². The highest BCUT2D eigenvalue weighted by atomic mass is 35.5. The van der Waals surface area contributed by atoms with Gasteiger partial charge < -0.3 is 15.4 Å². The maximum atomic E-state index is 12.4. The summed E-state index contributed by atoms with van der Waals surface area (Å²) in [4.78, 5) is 12.4. The van der Waals surface area contributed by atoms with E-state index in [9.17, 15) is 4.79 Å². The van der Waals surface area contributed by atoms with Crippen molar-refractivity contribution in [3.05, 3.63) is 47.3 Å². The molecule has 2 atom stereocenters. The fourth-order valence-corrected chi connectivity index (χ4v) is 2.94. The van der Waals surface area contributed by atoms with Gasteiger partial charge in [0.1, 0.15) is 0 Å². The SMILES string of the molecule is CO[C@H]1CNCC1NC(=O)c1ccc(-n2nc(C)cc2C)cc1.Cl. The molecule has 6 nitrogen and oxygen atoms in total. The Morgan fingerprint density at radius 1 is 1.29 bits per heavy atom. The fraction of sp³-hybridized carbons (Fsp3) is 0.412. The molecule has 130 valence electrons. The van der Waals surface area contributed by atoms with Gasteiger partial charge in [0.05, 0.1) is 23.5 Å². The van der Waals surface area contributed by atoms with Gasteiger partial charge in [-0.25, -0.2) is 4.68 Å². The quantitative estimate of drug-likeness (QED) is 0.879. The van der Waals surface area contributed by atoms with E-state index in [0.717, 1.165) is 30.2 Å². The Balaban J connectivity index is 0.00000208. The number of carbonyl (C=O) groups excluding carboxylic acids is 1. The van der Waals surface area contributed by atoms with Gasteiger partial charge in [-0.2, -0.15) is 5.10 Å². The molecule has 0 saturated carbocycles. The smallest absolute Gasteiger partial charge is 0.251 e. The predicted molar refractivity (Wildman–Crippen MR) is 95.2 cm³/mol. The lowest BCUT2D eigenvalue weighted by Crippen LogP contribution is -2.43. The molecule has 0 radical (unpaired) electrons. The second kappa shape index (κ2) is 7.79. The van der Waals surface area contributed by atoms with Crippen LogP contribution in [0.15, 0.2) is 30.3 Å². The molecule has 1 saturated heterocycles. The minimum Gasteiger partial charge on any atom is -0.378 e. The van der Waals surface area contributed by atoms with Crippen molar-refractivity contribution in [3.8, 4) is 5.69 Å². The number of halogens is 1. The van der Waals surface area contributed by atoms with Crippen molar-refractivity contribution in [2.24, 2.45) is 0 Å². The van der Waals surface area contributed by atoms with Crippen molar-refractivity contribution in [1.29, 1.82) is 0 Å². The number of nitrogens with one attached hydrogen (secondary N) is 2. The zero-order chi connectivity index (χ0) is 16.4. The van der Waals surface area contributed by atoms with Gasteiger partial charge in [-0.05, 0) is 44.2 Å². The van der Waals surface area contributed by atoms with E-state index in [1.54, 1.807) is 7.11 Å². The molecule has 1 amide bonds. The van der Waals surface area contributed by atoms with Crippen LogP contribution in [0.25, 0.3) is 5.69 Å². The van der Waals surface area contributed by atoms with Crippen LogP contribution in [0.3, 0.4) is 0 Å². The van der Waals surface area contributed by atoms with Crippen LogP contribution in [0.1, 0.15) is 21.7 Å². The topological polar surface area (TPSA) is 68.2 Å². The first-order valence-corrected chi connectivity index (χ1v) is 7.76. The number of carbonyl (C=O) groups is 1. The number of ether oxygens (including phenoxy) is 1. The number of amides is 1. The molecule has 1 aliphatic heterocycles. The molecule has 7 heteroatoms. The maximum absolute atomic E-state index is 12.4. The van der Waals surface area contributed by atoms with E-state index in [2.05, 4.69) is 15.7 Å². The molecule has 1 aromatic heterocycles. The third-order valence-corrected chi connectivity index (χ3v) is 4.16. The van der Waals surface area contributed by atoms with Gasteiger partial charge in [-0.15, -0.1) is 12.4 Å². The largest absolute Gasteiger partial charge is 0.378 e. The second-order valence-electron chi connectivity index (χ2n) is 5.90. The van der Waals surface area contributed by atoms with Crippen molar-refractivity contribution < 1.29 is 9.53 Å². The summed E-state index contributed by atoms with van der Waals surface area (Å²) in [5, 5.41) is 10.7. The Labute approximate surface area is 148 Å². The van der Waals surface area contributed by atoms with Gasteiger partial charge in [0, 0.05) is 31.5 Å². The van der Waals surface area contributed by atoms with Crippen LogP contribution in [-0.2, 0) is 4.74 Å². The first-order chi connectivity index (χ1) is 11.1. The van der Waals surface area contributed by atoms with E-state index in [1.807, 2.05) is 48.9 Å². The Bertz CT molecular complexity index is 699. The van der Waals surface area contributed by atoms with Crippen LogP contribution >= 0.6 is 12.4 Å². The van der Waals surface area contributed by atoms with Crippen molar-refractivity contribution >= 4 is 18.3 Å². The number of methoxy groups -OCH3 is 1. The van der Waals surface area contributed by atoms with Crippen LogP contribution < -0.4 is 10.6 Å². The number of nitrogens with zero attached hydrogens (tertiary/aromatic N) is 2. The molecule has 2 N–H and O–H groups in total. The van der Waals surface area contributed by atoms with Gasteiger partial charge >= 0.3 is 0 Å². The van der Waals surface area contributed by atoms with Crippen LogP contribution in [0.2, 0.25) is 0 Å². The Morgan fingerprint density at radius 2 is 2.00 bits per heavy atom. The van der Waals surface area contributed by atoms with Crippen molar-refractivity contribution in [1.82, 2.24) is 20.4 Å². The summed E-state index contributed by atoms with van der Waals surface area (Å²) in [5.74, 6) is -0.0827. The van der Waals surface area contributed by atoms with Crippen LogP contribution in [0.4, 0.5) is 0 Å². The van der Waals surface area contributed by atoms with E-state index < -0.39 is 0 Å². The summed E-state index contributed by atoms with van der Waals surface area (Å²) in [6, 6.07) is 9.50. The fourth-order valence-electron chi connectivity index (χ4n) is 2.94. The molecular weight excluding hydrogens is 328 g/mol. The summed E-state index contributed by atoms with van der Waals surface area (Å²) >= 11 is 0. The lowest BCUT2D eigenvalue weighted by molar-refractivity contribution is 0.0780. The molecular formula is C17H23ClN4O2. The Morgan fingerprint density at radius 3 is 2.58 bits per heavy atom. The monoisotopic (exact) mass is 350 g/mol. The number of aromatic nitrogens is 2. The van der Waals surface area contributed by atoms with E-state index in [0.29, 0.717) is 5.56 Å². The Kier molecular flexibility index (Phi) is 5.99. The average Bonchev–Trinajstić information content (AvgIpc) is 3.13. The molecule has 2 aromatic rings. The standard InChI is InChI=1S/C17H22N4O2.ClH/c1-11-8-12(2)21(20-11)14-6-4-13(5-7-14)17(22)19-15-9-18-10-16(15)23-3;/h4-8,15-16,18H,9-10H2,1-3H3,(H,19,22);1H/t15?,16-;/m0./s1. The third-order valence-electron chi connectivity index (χ3n) is 4.16. The summed E-state index contributed by atoms with van der Waals surface area (Å²) in [6.07, 6.45) is 0.0212. The summed E-state index contributed by atoms with van der Waals surface area (Å²) in [6.45, 7) is 5.47. The highest BCUT2D eigenvalue weighted by Crippen LogP contribution is 2.13. The molecule has 1 aliphatic rings. The zero-order valence-corrected chi connectivity index (χ0v) is 14.9. The molecule has 1 aromatic carbocycles. The highest BCUT2D eigenvalue weighted by molar-refractivity contribution is 5.94. The average molecular weight is 351 g/mol. The van der Waals surface area contributed by atoms with Crippen molar-refractivity contribution in [2.45, 2.75) is 26.0 Å². The Hall–Kier alpha value is -1.89. The molecule has 3 rings (SSSR count). The van der Waals surface area contributed by atoms with Gasteiger partial charge in [0.2, 0.25) is 0 Å². The minimum atomic E-state index is -0.0827. The third kappa shape index (κ3) is 3.77. The van der Waals surface area contributed by atoms with Crippen molar-refractivity contribution in [2.75, 3.05) is 20.2 Å². The summed E-state index contributed by atoms with van der Waals surface area (Å²) in [7, 11) is 1.67. The zero-order valence-electron chi connectivity index (χ0n) is 14.1. The van der Waals surface area contributed by atoms with E-state index in [1.165, 1.54) is 0 Å². The van der Waals surface area contributed by atoms with Crippen LogP contribution in [0.5, 0.6) is 0 Å². The van der Waals surface area contributed by atoms with Gasteiger partial charge in [0.15, 0.2) is 0 Å². The van der Waals surface area contributed by atoms with Crippen molar-refractivity contribution in [3.63, 3.8) is 0 Å². The molecule has 1 unspecified atom stereocenters. The molecule has 24 heavy (non-hydrogen) atoms. The molecule has 1 fully saturated rings. The normalized spacial score (nSPS) is 19.8. The van der Waals surface area contributed by atoms with Gasteiger partial charge in [-0.1, -0.05) is 0 Å². The van der Waals surface area contributed by atoms with E-state index >= 15 is 0 Å². The number of rotatable bonds is 4. The second-order valence-corrected chi connectivity index (χ2v) is 5.90. The highest BCUT2D eigenvalue weighted by Gasteiger charge is 2.28. The van der Waals surface area contributed by atoms with Gasteiger partial charge in [-0.3, -0.25) is 4.79 Å². The van der Waals surface area contributed by atoms with Crippen LogP contribution in [-0.4, -0.2) is 48.0 Å². The number of benzene rings is 1. The molecule has 0 spiro atoms. The molecule has 2 heterocycles. The number of hydrogen-bond donors (Lipinski definition) is 2. The number of aryl methyl sites for hydroxylation is 2. The maximum Gasteiger partial charge on any atom is 0.251 e. The first kappa shape index (κ1) is 18.4. The lowest BCUT2D eigenvalue weighted by atomic mass is 10.1. The summed E-state index contributed by atoms with van der Waals surface area (Å²) < 4.78 is 7.24. The number of hydrogen-bond acceptors (Lipinski definition) is 4. The molecule has 0 aliphatic carbocycles. The predicted octanol–water partition coefficient (Wildman–Crippen LogP) is 1.63. The van der Waals surface area contributed by atoms with Gasteiger partial charge in [0.25, 0.3) is 5.91 Å². The molecule has 0 bridgehead atoms. The lowest BCUT2D eigenvalue weighted by Gasteiger charge is -2.18. The minimum absolute atomic E-state index is 0. The first-order valence-electron chi connectivity index (χ1n) is 7.76. The summed E-state index contributed by atoms with van der Waals surface area (Å²) in [5.41, 5.74) is 3.63.